The van der Waals surface area contributed by atoms with Gasteiger partial charge in [-0.25, -0.2) is 4.79 Å². The fourth-order valence-corrected chi connectivity index (χ4v) is 3.81. The Morgan fingerprint density at radius 2 is 1.39 bits per heavy atom. The standard InChI is InChI=1S/C20H29NO2/c22-20-18-15-11-10-14-17(18)19(23-20)21-16-12-8-6-4-2-1-3-5-7-9-13-16/h10-11,14-16,19,21H,1-9,12-13H2. The number of rotatable bonds is 2. The summed E-state index contributed by atoms with van der Waals surface area (Å²) in [5.74, 6) is -0.189. The number of hydrogen-bond donors (Lipinski definition) is 1. The van der Waals surface area contributed by atoms with E-state index < -0.39 is 0 Å². The summed E-state index contributed by atoms with van der Waals surface area (Å²) in [5.41, 5.74) is 1.72. The Kier molecular flexibility index (Phi) is 6.09. The van der Waals surface area contributed by atoms with Crippen molar-refractivity contribution in [1.29, 1.82) is 0 Å². The van der Waals surface area contributed by atoms with E-state index in [-0.39, 0.29) is 12.2 Å². The molecular formula is C20H29NO2. The van der Waals surface area contributed by atoms with Crippen LogP contribution in [0.5, 0.6) is 0 Å². The highest BCUT2D eigenvalue weighted by Crippen LogP contribution is 2.29. The number of benzene rings is 1. The van der Waals surface area contributed by atoms with Crippen LogP contribution in [-0.2, 0) is 4.74 Å². The summed E-state index contributed by atoms with van der Waals surface area (Å²) < 4.78 is 5.56. The van der Waals surface area contributed by atoms with E-state index in [2.05, 4.69) is 5.32 Å². The maximum absolute atomic E-state index is 12.0. The van der Waals surface area contributed by atoms with Gasteiger partial charge in [0.25, 0.3) is 0 Å². The van der Waals surface area contributed by atoms with Gasteiger partial charge in [-0.1, -0.05) is 76.0 Å². The largest absolute Gasteiger partial charge is 0.439 e. The van der Waals surface area contributed by atoms with Crippen molar-refractivity contribution < 1.29 is 9.53 Å². The highest BCUT2D eigenvalue weighted by atomic mass is 16.6. The number of carbonyl (C=O) groups is 1. The topological polar surface area (TPSA) is 38.3 Å². The number of ether oxygens (including phenoxy) is 1. The fourth-order valence-electron chi connectivity index (χ4n) is 3.81. The average molecular weight is 315 g/mol. The molecule has 126 valence electrons. The van der Waals surface area contributed by atoms with Crippen LogP contribution in [-0.4, -0.2) is 12.0 Å². The third-order valence-electron chi connectivity index (χ3n) is 5.18. The van der Waals surface area contributed by atoms with Crippen molar-refractivity contribution >= 4 is 5.97 Å². The molecule has 0 saturated heterocycles. The molecule has 0 spiro atoms. The van der Waals surface area contributed by atoms with E-state index >= 15 is 0 Å². The molecule has 1 heterocycles. The van der Waals surface area contributed by atoms with E-state index in [1.165, 1.54) is 70.6 Å². The lowest BCUT2D eigenvalue weighted by molar-refractivity contribution is 0.0267. The summed E-state index contributed by atoms with van der Waals surface area (Å²) in [6, 6.07) is 8.21. The van der Waals surface area contributed by atoms with Gasteiger partial charge in [-0.15, -0.1) is 0 Å². The number of cyclic esters (lactones) is 1. The molecule has 1 unspecified atom stereocenters. The first kappa shape index (κ1) is 16.5. The van der Waals surface area contributed by atoms with Crippen molar-refractivity contribution in [2.45, 2.75) is 82.9 Å². The lowest BCUT2D eigenvalue weighted by Crippen LogP contribution is -2.33. The first-order valence-corrected chi connectivity index (χ1v) is 9.40. The molecule has 0 aromatic heterocycles. The van der Waals surface area contributed by atoms with Crippen LogP contribution in [0.3, 0.4) is 0 Å². The van der Waals surface area contributed by atoms with Gasteiger partial charge in [0.05, 0.1) is 5.56 Å². The van der Waals surface area contributed by atoms with Gasteiger partial charge >= 0.3 is 5.97 Å². The number of hydrogen-bond acceptors (Lipinski definition) is 3. The summed E-state index contributed by atoms with van der Waals surface area (Å²) in [4.78, 5) is 12.0. The SMILES string of the molecule is O=C1OC(NC2CCCCCCCCCCC2)c2ccccc21. The number of esters is 1. The van der Waals surface area contributed by atoms with Gasteiger partial charge in [0.1, 0.15) is 0 Å². The minimum Gasteiger partial charge on any atom is -0.439 e. The molecule has 1 aromatic rings. The zero-order chi connectivity index (χ0) is 15.9. The molecule has 1 aromatic carbocycles. The normalized spacial score (nSPS) is 24.3. The fraction of sp³-hybridized carbons (Fsp3) is 0.650. The van der Waals surface area contributed by atoms with Crippen LogP contribution in [0.2, 0.25) is 0 Å². The molecule has 2 aliphatic rings. The quantitative estimate of drug-likeness (QED) is 0.770. The third kappa shape index (κ3) is 4.57. The monoisotopic (exact) mass is 315 g/mol. The van der Waals surface area contributed by atoms with Gasteiger partial charge < -0.3 is 4.74 Å². The predicted octanol–water partition coefficient (Wildman–Crippen LogP) is 5.12. The minimum atomic E-state index is -0.253. The molecule has 1 saturated carbocycles. The maximum atomic E-state index is 12.0. The second-order valence-corrected chi connectivity index (χ2v) is 7.00. The highest BCUT2D eigenvalue weighted by molar-refractivity contribution is 5.93. The molecular weight excluding hydrogens is 286 g/mol. The van der Waals surface area contributed by atoms with Crippen molar-refractivity contribution in [3.05, 3.63) is 35.4 Å². The third-order valence-corrected chi connectivity index (χ3v) is 5.18. The Morgan fingerprint density at radius 1 is 0.826 bits per heavy atom. The zero-order valence-corrected chi connectivity index (χ0v) is 14.1. The highest BCUT2D eigenvalue weighted by Gasteiger charge is 2.31. The van der Waals surface area contributed by atoms with Crippen LogP contribution < -0.4 is 5.32 Å². The molecule has 1 N–H and O–H groups in total. The van der Waals surface area contributed by atoms with E-state index in [1.807, 2.05) is 24.3 Å². The van der Waals surface area contributed by atoms with Crippen LogP contribution in [0.1, 0.15) is 92.8 Å². The molecule has 1 aliphatic carbocycles. The first-order chi connectivity index (χ1) is 11.3. The van der Waals surface area contributed by atoms with E-state index in [1.54, 1.807) is 0 Å². The van der Waals surface area contributed by atoms with Crippen LogP contribution in [0, 0.1) is 0 Å². The molecule has 1 fully saturated rings. The number of fused-ring (bicyclic) bond motifs is 1. The molecule has 23 heavy (non-hydrogen) atoms. The van der Waals surface area contributed by atoms with E-state index in [0.717, 1.165) is 11.1 Å². The lowest BCUT2D eigenvalue weighted by atomic mass is 9.97. The Bertz CT molecular complexity index is 502. The van der Waals surface area contributed by atoms with Gasteiger partial charge in [0.2, 0.25) is 0 Å². The van der Waals surface area contributed by atoms with Crippen LogP contribution in [0.15, 0.2) is 24.3 Å². The second-order valence-electron chi connectivity index (χ2n) is 7.00. The molecule has 1 atom stereocenters. The molecule has 3 nitrogen and oxygen atoms in total. The van der Waals surface area contributed by atoms with Gasteiger partial charge in [-0.3, -0.25) is 5.32 Å². The van der Waals surface area contributed by atoms with Crippen molar-refractivity contribution in [2.24, 2.45) is 0 Å². The lowest BCUT2D eigenvalue weighted by Gasteiger charge is -2.23. The second kappa shape index (κ2) is 8.49. The summed E-state index contributed by atoms with van der Waals surface area (Å²) in [7, 11) is 0. The minimum absolute atomic E-state index is 0.189. The Labute approximate surface area is 139 Å². The predicted molar refractivity (Wildman–Crippen MR) is 92.3 cm³/mol. The van der Waals surface area contributed by atoms with Crippen LogP contribution in [0.25, 0.3) is 0 Å². The maximum Gasteiger partial charge on any atom is 0.340 e. The molecule has 3 heteroatoms. The van der Waals surface area contributed by atoms with E-state index in [4.69, 9.17) is 4.74 Å². The molecule has 0 amide bonds. The molecule has 1 aliphatic heterocycles. The van der Waals surface area contributed by atoms with Crippen molar-refractivity contribution in [1.82, 2.24) is 5.32 Å². The summed E-state index contributed by atoms with van der Waals surface area (Å²) in [6.07, 6.45) is 14.3. The number of carbonyl (C=O) groups excluding carboxylic acids is 1. The zero-order valence-electron chi connectivity index (χ0n) is 14.1. The molecule has 0 bridgehead atoms. The van der Waals surface area contributed by atoms with Gasteiger partial charge in [-0.05, 0) is 18.9 Å². The first-order valence-electron chi connectivity index (χ1n) is 9.40. The van der Waals surface area contributed by atoms with Gasteiger partial charge in [0.15, 0.2) is 6.23 Å². The van der Waals surface area contributed by atoms with Crippen molar-refractivity contribution in [3.63, 3.8) is 0 Å². The van der Waals surface area contributed by atoms with Crippen LogP contribution >= 0.6 is 0 Å². The van der Waals surface area contributed by atoms with E-state index in [9.17, 15) is 4.79 Å². The van der Waals surface area contributed by atoms with Crippen LogP contribution in [0.4, 0.5) is 0 Å². The average Bonchev–Trinajstić information content (AvgIpc) is 2.87. The Morgan fingerprint density at radius 3 is 2.04 bits per heavy atom. The summed E-state index contributed by atoms with van der Waals surface area (Å²) in [5, 5.41) is 3.61. The Hall–Kier alpha value is -1.35. The molecule has 3 rings (SSSR count). The number of nitrogens with one attached hydrogen (secondary N) is 1. The summed E-state index contributed by atoms with van der Waals surface area (Å²) in [6.45, 7) is 0. The van der Waals surface area contributed by atoms with Crippen molar-refractivity contribution in [3.8, 4) is 0 Å². The Balaban J connectivity index is 1.59. The van der Waals surface area contributed by atoms with Crippen molar-refractivity contribution in [2.75, 3.05) is 0 Å². The molecule has 0 radical (unpaired) electrons. The summed E-state index contributed by atoms with van der Waals surface area (Å²) >= 11 is 0. The smallest absolute Gasteiger partial charge is 0.340 e. The van der Waals surface area contributed by atoms with E-state index in [0.29, 0.717) is 6.04 Å². The van der Waals surface area contributed by atoms with Gasteiger partial charge in [-0.2, -0.15) is 0 Å². The van der Waals surface area contributed by atoms with Gasteiger partial charge in [0, 0.05) is 11.6 Å².